The summed E-state index contributed by atoms with van der Waals surface area (Å²) in [5.74, 6) is 5.13. The molecule has 9 heteroatoms. The average Bonchev–Trinajstić information content (AvgIpc) is 3.41. The summed E-state index contributed by atoms with van der Waals surface area (Å²) >= 11 is 0. The molecule has 3 fully saturated rings. The normalized spacial score (nSPS) is 30.4. The Morgan fingerprint density at radius 3 is 2.31 bits per heavy atom. The molecule has 0 bridgehead atoms. The van der Waals surface area contributed by atoms with Crippen molar-refractivity contribution in [1.82, 2.24) is 10.6 Å². The van der Waals surface area contributed by atoms with Crippen LogP contribution in [-0.4, -0.2) is 49.9 Å². The fourth-order valence-corrected chi connectivity index (χ4v) is 11.2. The number of hydrogen-bond donors (Lipinski definition) is 2. The average molecular weight is 738 g/mol. The molecule has 4 N–H and O–H groups in total. The predicted molar refractivity (Wildman–Crippen MR) is 211 cm³/mol. The van der Waals surface area contributed by atoms with Gasteiger partial charge in [0.15, 0.2) is 6.66 Å². The van der Waals surface area contributed by atoms with Gasteiger partial charge >= 0.3 is 14.1 Å². The number of allylic oxidation sites excluding steroid dienone is 1. The Kier molecular flexibility index (Phi) is 19.7. The molecule has 4 rings (SSSR count). The molecule has 0 aromatic rings. The van der Waals surface area contributed by atoms with Crippen molar-refractivity contribution in [1.29, 1.82) is 0 Å². The molecule has 0 aromatic carbocycles. The fourth-order valence-electron chi connectivity index (χ4n) is 10.8. The second-order valence-electron chi connectivity index (χ2n) is 17.3. The monoisotopic (exact) mass is 738 g/mol. The maximum atomic E-state index is 12.7. The fraction of sp³-hybridized carbons (Fsp3) is 0.905. The van der Waals surface area contributed by atoms with Gasteiger partial charge in [-0.2, -0.15) is 0 Å². The second-order valence-corrected chi connectivity index (χ2v) is 18.5. The largest absolute Gasteiger partial charge is 0.504 e. The van der Waals surface area contributed by atoms with Gasteiger partial charge in [0.25, 0.3) is 0 Å². The van der Waals surface area contributed by atoms with Gasteiger partial charge in [0.05, 0.1) is 0 Å². The van der Waals surface area contributed by atoms with Gasteiger partial charge in [-0.05, 0) is 122 Å². The van der Waals surface area contributed by atoms with Crippen LogP contribution in [0.5, 0.6) is 0 Å². The van der Waals surface area contributed by atoms with Gasteiger partial charge < -0.3 is 20.8 Å². The van der Waals surface area contributed by atoms with Crippen LogP contribution in [-0.2, 0) is 18.6 Å². The van der Waals surface area contributed by atoms with Crippen molar-refractivity contribution >= 4 is 20.0 Å². The first-order valence-corrected chi connectivity index (χ1v) is 22.0. The summed E-state index contributed by atoms with van der Waals surface area (Å²) in [6, 6.07) is 0. The van der Waals surface area contributed by atoms with E-state index in [0.29, 0.717) is 31.5 Å². The summed E-state index contributed by atoms with van der Waals surface area (Å²) in [6.07, 6.45) is 23.3. The molecule has 0 saturated heterocycles. The molecule has 0 heterocycles. The Bertz CT molecular complexity index is 1110. The Hall–Kier alpha value is -1.50. The van der Waals surface area contributed by atoms with Crippen LogP contribution >= 0.6 is 8.03 Å². The van der Waals surface area contributed by atoms with Crippen molar-refractivity contribution in [3.8, 4) is 0 Å². The summed E-state index contributed by atoms with van der Waals surface area (Å²) in [7, 11) is -1.50. The van der Waals surface area contributed by atoms with Gasteiger partial charge in [-0.25, -0.2) is 4.79 Å². The topological polar surface area (TPSA) is 125 Å². The van der Waals surface area contributed by atoms with Gasteiger partial charge in [0.1, 0.15) is 12.7 Å². The Labute approximate surface area is 313 Å². The van der Waals surface area contributed by atoms with Crippen molar-refractivity contribution in [2.24, 2.45) is 46.3 Å². The van der Waals surface area contributed by atoms with E-state index in [2.05, 4.69) is 51.3 Å². The first-order valence-electron chi connectivity index (χ1n) is 20.4. The highest BCUT2D eigenvalue weighted by Gasteiger charge is 2.59. The summed E-state index contributed by atoms with van der Waals surface area (Å²) < 4.78 is 21.9. The number of carbonyl (C=O) groups excluding carboxylic acids is 2. The quantitative estimate of drug-likeness (QED) is 0.0731. The number of amides is 2. The number of ether oxygens (including phenoxy) is 1. The lowest BCUT2D eigenvalue weighted by atomic mass is 9.47. The molecule has 3 saturated carbocycles. The summed E-state index contributed by atoms with van der Waals surface area (Å²) in [6.45, 7) is 15.9. The molecule has 51 heavy (non-hydrogen) atoms. The van der Waals surface area contributed by atoms with Crippen molar-refractivity contribution in [2.45, 2.75) is 170 Å². The van der Waals surface area contributed by atoms with Gasteiger partial charge in [0.2, 0.25) is 5.91 Å². The first-order chi connectivity index (χ1) is 23.4. The van der Waals surface area contributed by atoms with E-state index < -0.39 is 8.03 Å². The number of nitrogens with one attached hydrogen (secondary N) is 2. The lowest BCUT2D eigenvalue weighted by Gasteiger charge is -2.58. The van der Waals surface area contributed by atoms with E-state index >= 15 is 0 Å². The van der Waals surface area contributed by atoms with Crippen molar-refractivity contribution in [3.63, 3.8) is 0 Å². The molecular weight excluding hydrogens is 659 g/mol. The molecule has 0 spiro atoms. The smallest absolute Gasteiger partial charge is 0.446 e. The summed E-state index contributed by atoms with van der Waals surface area (Å²) in [5.41, 5.74) is 2.35. The molecule has 2 amide bonds. The van der Waals surface area contributed by atoms with Crippen LogP contribution in [0.3, 0.4) is 0 Å². The number of hydrogen-bond acceptors (Lipinski definition) is 5. The predicted octanol–water partition coefficient (Wildman–Crippen LogP) is 10.6. The van der Waals surface area contributed by atoms with Gasteiger partial charge in [-0.15, -0.1) is 4.52 Å². The highest BCUT2D eigenvalue weighted by molar-refractivity contribution is 7.38. The molecule has 1 unspecified atom stereocenters. The van der Waals surface area contributed by atoms with Gasteiger partial charge in [-0.3, -0.25) is 4.79 Å². The molecule has 8 nitrogen and oxygen atoms in total. The zero-order valence-corrected chi connectivity index (χ0v) is 33.6. The van der Waals surface area contributed by atoms with E-state index in [1.165, 1.54) is 51.4 Å². The van der Waals surface area contributed by atoms with E-state index in [1.54, 1.807) is 12.2 Å². The van der Waals surface area contributed by atoms with Crippen molar-refractivity contribution in [3.05, 3.63) is 11.6 Å². The van der Waals surface area contributed by atoms with Crippen LogP contribution in [0.2, 0.25) is 0 Å². The third kappa shape index (κ3) is 12.8. The van der Waals surface area contributed by atoms with Crippen LogP contribution in [0.1, 0.15) is 164 Å². The maximum absolute atomic E-state index is 12.7. The number of unbranched alkanes of at least 4 members (excludes halogenated alkanes) is 5. The van der Waals surface area contributed by atoms with Crippen LogP contribution in [0.25, 0.3) is 0 Å². The molecular formula is C42H78N2O6P+. The molecule has 296 valence electrons. The molecule has 0 radical (unpaired) electrons. The standard InChI is InChI=1S/C41H71N2O5P.CH4.H2O/c1-30(2)15-14-16-31(3)35-20-21-36-34-19-18-32-29-33(22-24-40(32,4)37(34)23-25-41(35,36)5)48-39(45)43-27-12-9-10-17-38(44)42-26-11-7-8-13-28-47-49(6)46;;/h18,30-31,33-37H,7-17,19-29H2,1-6H3,(H-,42,43,44,45);1H4;1H2/p+1/t31-,33+,34+,35-,36+,37+,40+,41-;;/m1../s1. The van der Waals surface area contributed by atoms with E-state index in [4.69, 9.17) is 9.26 Å². The number of fused-ring (bicyclic) bond motifs is 5. The maximum Gasteiger partial charge on any atom is 0.504 e. The second kappa shape index (κ2) is 22.0. The summed E-state index contributed by atoms with van der Waals surface area (Å²) in [5, 5.41) is 5.97. The third-order valence-electron chi connectivity index (χ3n) is 13.5. The zero-order chi connectivity index (χ0) is 35.4. The molecule has 0 aliphatic heterocycles. The Morgan fingerprint density at radius 1 is 0.882 bits per heavy atom. The van der Waals surface area contributed by atoms with Crippen LogP contribution < -0.4 is 10.6 Å². The molecule has 0 aromatic heterocycles. The Morgan fingerprint density at radius 2 is 1.59 bits per heavy atom. The van der Waals surface area contributed by atoms with Crippen molar-refractivity contribution in [2.75, 3.05) is 26.4 Å². The lowest BCUT2D eigenvalue weighted by Crippen LogP contribution is -2.51. The minimum Gasteiger partial charge on any atom is -0.446 e. The summed E-state index contributed by atoms with van der Waals surface area (Å²) in [4.78, 5) is 24.8. The number of carbonyl (C=O) groups is 2. The number of alkyl carbamates (subject to hydrolysis) is 1. The minimum atomic E-state index is -1.50. The highest BCUT2D eigenvalue weighted by atomic mass is 31.1. The first kappa shape index (κ1) is 45.7. The van der Waals surface area contributed by atoms with E-state index in [9.17, 15) is 14.2 Å². The van der Waals surface area contributed by atoms with Crippen LogP contribution in [0, 0.1) is 46.3 Å². The van der Waals surface area contributed by atoms with E-state index in [0.717, 1.165) is 99.7 Å². The van der Waals surface area contributed by atoms with Gasteiger partial charge in [-0.1, -0.05) is 92.2 Å². The minimum absolute atomic E-state index is 0. The third-order valence-corrected chi connectivity index (χ3v) is 14.1. The van der Waals surface area contributed by atoms with Gasteiger partial charge in [0, 0.05) is 25.9 Å². The molecule has 4 aliphatic rings. The number of rotatable bonds is 20. The van der Waals surface area contributed by atoms with E-state index in [1.807, 2.05) is 0 Å². The van der Waals surface area contributed by atoms with Crippen LogP contribution in [0.4, 0.5) is 4.79 Å². The van der Waals surface area contributed by atoms with Crippen molar-refractivity contribution < 1.29 is 28.9 Å². The van der Waals surface area contributed by atoms with E-state index in [-0.39, 0.29) is 36.4 Å². The Balaban J connectivity index is 0.00000451. The zero-order valence-electron chi connectivity index (χ0n) is 32.7. The molecule has 9 atom stereocenters. The highest BCUT2D eigenvalue weighted by Crippen LogP contribution is 2.67. The molecule has 4 aliphatic carbocycles. The lowest BCUT2D eigenvalue weighted by molar-refractivity contribution is -0.121. The van der Waals surface area contributed by atoms with Crippen LogP contribution in [0.15, 0.2) is 11.6 Å². The SMILES string of the molecule is C.CC(C)CCC[C@@H](C)[C@H]1CC[C@H]2[C@@H]3CC=C4C[C@@H](OC(=O)NCCCCCC(=O)NCCCCCCO[P+](C)=O)CC[C@]4(C)[C@H]3CC[C@]12C.O.